The molecule has 3 rings (SSSR count). The molecule has 142 valence electrons. The first-order valence-corrected chi connectivity index (χ1v) is 9.13. The zero-order valence-corrected chi connectivity index (χ0v) is 15.5. The van der Waals surface area contributed by atoms with E-state index in [2.05, 4.69) is 0 Å². The average molecular weight is 371 g/mol. The van der Waals surface area contributed by atoms with Gasteiger partial charge >= 0.3 is 6.09 Å². The fourth-order valence-electron chi connectivity index (χ4n) is 3.35. The lowest BCUT2D eigenvalue weighted by Crippen LogP contribution is -2.43. The Morgan fingerprint density at radius 3 is 2.63 bits per heavy atom. The lowest BCUT2D eigenvalue weighted by molar-refractivity contribution is 0.0809. The maximum Gasteiger partial charge on any atom is 0.411 e. The summed E-state index contributed by atoms with van der Waals surface area (Å²) in [5.74, 6) is -1.03. The fraction of sp³-hybridized carbons (Fsp3) is 0.318. The maximum atomic E-state index is 14.3. The minimum absolute atomic E-state index is 0.150. The lowest BCUT2D eigenvalue weighted by atomic mass is 9.91. The first kappa shape index (κ1) is 19.1. The SMILES string of the molecule is CCCCOC(=O)N1CC(c2cc(F)ccc2F)=C[C@@]1(C)c1ccccc1. The minimum Gasteiger partial charge on any atom is -0.449 e. The van der Waals surface area contributed by atoms with E-state index in [-0.39, 0.29) is 12.1 Å². The quantitative estimate of drug-likeness (QED) is 0.648. The summed E-state index contributed by atoms with van der Waals surface area (Å²) in [6, 6.07) is 12.8. The van der Waals surface area contributed by atoms with Crippen LogP contribution in [0.4, 0.5) is 13.6 Å². The van der Waals surface area contributed by atoms with Crippen LogP contribution in [0.2, 0.25) is 0 Å². The number of nitrogens with zero attached hydrogens (tertiary/aromatic N) is 1. The number of carbonyl (C=O) groups excluding carboxylic acids is 1. The molecule has 27 heavy (non-hydrogen) atoms. The number of rotatable bonds is 5. The van der Waals surface area contributed by atoms with Crippen molar-refractivity contribution in [2.45, 2.75) is 32.2 Å². The summed E-state index contributed by atoms with van der Waals surface area (Å²) >= 11 is 0. The van der Waals surface area contributed by atoms with Crippen molar-refractivity contribution in [3.05, 3.63) is 77.4 Å². The molecule has 5 heteroatoms. The van der Waals surface area contributed by atoms with E-state index in [1.165, 1.54) is 6.07 Å². The van der Waals surface area contributed by atoms with Crippen LogP contribution in [0.25, 0.3) is 5.57 Å². The van der Waals surface area contributed by atoms with E-state index in [0.717, 1.165) is 30.5 Å². The van der Waals surface area contributed by atoms with Crippen LogP contribution in [0.5, 0.6) is 0 Å². The van der Waals surface area contributed by atoms with Gasteiger partial charge < -0.3 is 4.74 Å². The second-order valence-corrected chi connectivity index (χ2v) is 6.86. The number of benzene rings is 2. The van der Waals surface area contributed by atoms with Crippen molar-refractivity contribution in [3.63, 3.8) is 0 Å². The minimum atomic E-state index is -0.807. The third kappa shape index (κ3) is 3.87. The van der Waals surface area contributed by atoms with E-state index in [1.807, 2.05) is 50.3 Å². The van der Waals surface area contributed by atoms with E-state index in [1.54, 1.807) is 4.90 Å². The van der Waals surface area contributed by atoms with Gasteiger partial charge in [0.05, 0.1) is 18.7 Å². The monoisotopic (exact) mass is 371 g/mol. The highest BCUT2D eigenvalue weighted by molar-refractivity contribution is 5.80. The summed E-state index contributed by atoms with van der Waals surface area (Å²) in [5.41, 5.74) is 0.801. The van der Waals surface area contributed by atoms with E-state index >= 15 is 0 Å². The average Bonchev–Trinajstić information content (AvgIpc) is 3.03. The zero-order chi connectivity index (χ0) is 19.4. The number of halogens is 2. The molecule has 0 aliphatic carbocycles. The van der Waals surface area contributed by atoms with E-state index < -0.39 is 23.3 Å². The summed E-state index contributed by atoms with van der Waals surface area (Å²) in [6.07, 6.45) is 3.06. The first-order valence-electron chi connectivity index (χ1n) is 9.13. The van der Waals surface area contributed by atoms with Gasteiger partial charge in [0.2, 0.25) is 0 Å². The molecular formula is C22H23F2NO2. The topological polar surface area (TPSA) is 29.5 Å². The Balaban J connectivity index is 1.99. The van der Waals surface area contributed by atoms with Crippen molar-refractivity contribution in [1.82, 2.24) is 4.90 Å². The highest BCUT2D eigenvalue weighted by Crippen LogP contribution is 2.40. The molecule has 1 heterocycles. The molecule has 0 N–H and O–H groups in total. The van der Waals surface area contributed by atoms with E-state index in [0.29, 0.717) is 12.2 Å². The van der Waals surface area contributed by atoms with Crippen LogP contribution in [0.1, 0.15) is 37.8 Å². The molecule has 1 aliphatic heterocycles. The number of hydrogen-bond acceptors (Lipinski definition) is 2. The fourth-order valence-corrected chi connectivity index (χ4v) is 3.35. The van der Waals surface area contributed by atoms with Crippen molar-refractivity contribution >= 4 is 11.7 Å². The third-order valence-electron chi connectivity index (χ3n) is 4.92. The second kappa shape index (κ2) is 7.91. The molecule has 0 saturated carbocycles. The van der Waals surface area contributed by atoms with Gasteiger partial charge in [0.1, 0.15) is 11.6 Å². The van der Waals surface area contributed by atoms with Crippen LogP contribution in [0.15, 0.2) is 54.6 Å². The van der Waals surface area contributed by atoms with Gasteiger partial charge in [0.15, 0.2) is 0 Å². The molecule has 1 amide bonds. The van der Waals surface area contributed by atoms with E-state index in [4.69, 9.17) is 4.74 Å². The second-order valence-electron chi connectivity index (χ2n) is 6.86. The number of carbonyl (C=O) groups is 1. The Bertz CT molecular complexity index is 851. The largest absolute Gasteiger partial charge is 0.449 e. The van der Waals surface area contributed by atoms with Crippen molar-refractivity contribution in [3.8, 4) is 0 Å². The van der Waals surface area contributed by atoms with Gasteiger partial charge in [-0.25, -0.2) is 13.6 Å². The van der Waals surface area contributed by atoms with Crippen LogP contribution in [-0.4, -0.2) is 24.1 Å². The van der Waals surface area contributed by atoms with Crippen LogP contribution in [0.3, 0.4) is 0 Å². The Labute approximate surface area is 158 Å². The van der Waals surface area contributed by atoms with Gasteiger partial charge in [-0.2, -0.15) is 0 Å². The lowest BCUT2D eigenvalue weighted by Gasteiger charge is -2.34. The Morgan fingerprint density at radius 1 is 1.19 bits per heavy atom. The molecular weight excluding hydrogens is 348 g/mol. The van der Waals surface area contributed by atoms with Gasteiger partial charge in [0.25, 0.3) is 0 Å². The van der Waals surface area contributed by atoms with Gasteiger partial charge in [-0.3, -0.25) is 4.90 Å². The molecule has 1 atom stereocenters. The smallest absolute Gasteiger partial charge is 0.411 e. The highest BCUT2D eigenvalue weighted by atomic mass is 19.1. The number of unbranched alkanes of at least 4 members (excludes halogenated alkanes) is 1. The number of hydrogen-bond donors (Lipinski definition) is 0. The molecule has 0 bridgehead atoms. The molecule has 1 aliphatic rings. The van der Waals surface area contributed by atoms with Crippen molar-refractivity contribution in [2.24, 2.45) is 0 Å². The van der Waals surface area contributed by atoms with Gasteiger partial charge in [0, 0.05) is 5.56 Å². The number of amides is 1. The van der Waals surface area contributed by atoms with Gasteiger partial charge in [-0.05, 0) is 48.8 Å². The summed E-state index contributed by atoms with van der Waals surface area (Å²) in [4.78, 5) is 14.3. The zero-order valence-electron chi connectivity index (χ0n) is 15.5. The molecule has 2 aromatic carbocycles. The predicted octanol–water partition coefficient (Wildman–Crippen LogP) is 5.52. The first-order chi connectivity index (χ1) is 13.0. The van der Waals surface area contributed by atoms with Crippen LogP contribution < -0.4 is 0 Å². The Kier molecular flexibility index (Phi) is 5.59. The summed E-state index contributed by atoms with van der Waals surface area (Å²) in [5, 5.41) is 0. The third-order valence-corrected chi connectivity index (χ3v) is 4.92. The standard InChI is InChI=1S/C22H23F2NO2/c1-3-4-12-27-21(26)25-15-16(19-13-18(23)10-11-20(19)24)14-22(25,2)17-8-6-5-7-9-17/h5-11,13-14H,3-4,12,15H2,1-2H3/t22-/m0/s1. The molecule has 0 spiro atoms. The van der Waals surface area contributed by atoms with Crippen LogP contribution in [0, 0.1) is 11.6 Å². The van der Waals surface area contributed by atoms with Crippen LogP contribution >= 0.6 is 0 Å². The molecule has 0 radical (unpaired) electrons. The van der Waals surface area contributed by atoms with Crippen LogP contribution in [-0.2, 0) is 10.3 Å². The van der Waals surface area contributed by atoms with Gasteiger partial charge in [-0.1, -0.05) is 43.7 Å². The molecule has 3 nitrogen and oxygen atoms in total. The predicted molar refractivity (Wildman–Crippen MR) is 101 cm³/mol. The molecule has 2 aromatic rings. The molecule has 0 saturated heterocycles. The molecule has 0 aromatic heterocycles. The summed E-state index contributed by atoms with van der Waals surface area (Å²) in [7, 11) is 0. The highest BCUT2D eigenvalue weighted by Gasteiger charge is 2.42. The maximum absolute atomic E-state index is 14.3. The summed E-state index contributed by atoms with van der Waals surface area (Å²) < 4.78 is 33.4. The number of ether oxygens (including phenoxy) is 1. The normalized spacial score (nSPS) is 19.1. The summed E-state index contributed by atoms with van der Waals surface area (Å²) in [6.45, 7) is 4.38. The Morgan fingerprint density at radius 2 is 1.93 bits per heavy atom. The van der Waals surface area contributed by atoms with Crippen molar-refractivity contribution in [2.75, 3.05) is 13.2 Å². The Hall–Kier alpha value is -2.69. The van der Waals surface area contributed by atoms with E-state index in [9.17, 15) is 13.6 Å². The van der Waals surface area contributed by atoms with Crippen molar-refractivity contribution in [1.29, 1.82) is 0 Å². The van der Waals surface area contributed by atoms with Gasteiger partial charge in [-0.15, -0.1) is 0 Å². The van der Waals surface area contributed by atoms with Crippen molar-refractivity contribution < 1.29 is 18.3 Å². The molecule has 0 unspecified atom stereocenters. The molecule has 0 fully saturated rings.